The van der Waals surface area contributed by atoms with Crippen LogP contribution in [-0.2, 0) is 0 Å². The molecule has 17 heavy (non-hydrogen) atoms. The Morgan fingerprint density at radius 2 is 1.76 bits per heavy atom. The van der Waals surface area contributed by atoms with E-state index in [4.69, 9.17) is 4.74 Å². The number of hydrogen-bond donors (Lipinski definition) is 1. The van der Waals surface area contributed by atoms with Gasteiger partial charge in [-0.1, -0.05) is 13.8 Å². The van der Waals surface area contributed by atoms with Crippen LogP contribution < -0.4 is 10.1 Å². The van der Waals surface area contributed by atoms with Gasteiger partial charge in [0.2, 0.25) is 0 Å². The molecule has 0 bridgehead atoms. The van der Waals surface area contributed by atoms with Crippen molar-refractivity contribution in [1.29, 1.82) is 0 Å². The third kappa shape index (κ3) is 4.89. The van der Waals surface area contributed by atoms with Gasteiger partial charge in [0.05, 0.1) is 6.61 Å². The van der Waals surface area contributed by atoms with Gasteiger partial charge in [-0.05, 0) is 44.0 Å². The van der Waals surface area contributed by atoms with Crippen LogP contribution in [0.5, 0.6) is 5.75 Å². The smallest absolute Gasteiger partial charge is 0.251 e. The summed E-state index contributed by atoms with van der Waals surface area (Å²) in [7, 11) is 0. The zero-order chi connectivity index (χ0) is 12.8. The molecule has 3 nitrogen and oxygen atoms in total. The van der Waals surface area contributed by atoms with Crippen LogP contribution in [0.1, 0.15) is 38.1 Å². The Labute approximate surface area is 103 Å². The van der Waals surface area contributed by atoms with Crippen molar-refractivity contribution in [3.63, 3.8) is 0 Å². The molecule has 0 radical (unpaired) electrons. The normalized spacial score (nSPS) is 10.7. The fourth-order valence-corrected chi connectivity index (χ4v) is 1.31. The molecule has 0 unspecified atom stereocenters. The molecular weight excluding hydrogens is 214 g/mol. The highest BCUT2D eigenvalue weighted by molar-refractivity contribution is 5.94. The van der Waals surface area contributed by atoms with Crippen molar-refractivity contribution < 1.29 is 9.53 Å². The zero-order valence-electron chi connectivity index (χ0n) is 11.0. The first-order valence-electron chi connectivity index (χ1n) is 6.02. The van der Waals surface area contributed by atoms with Crippen molar-refractivity contribution in [3.8, 4) is 5.75 Å². The molecule has 1 amide bonds. The number of carbonyl (C=O) groups excluding carboxylic acids is 1. The molecule has 94 valence electrons. The second kappa shape index (κ2) is 6.28. The Bertz CT molecular complexity index is 355. The second-order valence-corrected chi connectivity index (χ2v) is 4.86. The van der Waals surface area contributed by atoms with Crippen molar-refractivity contribution in [2.24, 2.45) is 5.92 Å². The zero-order valence-corrected chi connectivity index (χ0v) is 11.0. The van der Waals surface area contributed by atoms with E-state index in [9.17, 15) is 4.79 Å². The number of benzene rings is 1. The topological polar surface area (TPSA) is 38.3 Å². The molecule has 3 heteroatoms. The first-order valence-corrected chi connectivity index (χ1v) is 6.02. The van der Waals surface area contributed by atoms with E-state index in [1.807, 2.05) is 26.0 Å². The Morgan fingerprint density at radius 1 is 1.18 bits per heavy atom. The summed E-state index contributed by atoms with van der Waals surface area (Å²) in [5.41, 5.74) is 0.663. The highest BCUT2D eigenvalue weighted by Gasteiger charge is 2.06. The van der Waals surface area contributed by atoms with Crippen LogP contribution in [0.4, 0.5) is 0 Å². The summed E-state index contributed by atoms with van der Waals surface area (Å²) >= 11 is 0. The van der Waals surface area contributed by atoms with E-state index < -0.39 is 0 Å². The van der Waals surface area contributed by atoms with E-state index in [1.165, 1.54) is 0 Å². The molecule has 0 spiro atoms. The molecule has 0 heterocycles. The third-order valence-corrected chi connectivity index (χ3v) is 2.12. The molecule has 1 N–H and O–H groups in total. The maximum Gasteiger partial charge on any atom is 0.251 e. The molecule has 0 aliphatic heterocycles. The minimum atomic E-state index is -0.0459. The van der Waals surface area contributed by atoms with Gasteiger partial charge in [-0.25, -0.2) is 0 Å². The molecule has 0 aliphatic carbocycles. The number of carbonyl (C=O) groups is 1. The summed E-state index contributed by atoms with van der Waals surface area (Å²) in [4.78, 5) is 11.7. The van der Waals surface area contributed by atoms with Crippen LogP contribution in [0.15, 0.2) is 24.3 Å². The lowest BCUT2D eigenvalue weighted by Gasteiger charge is -2.10. The van der Waals surface area contributed by atoms with Crippen molar-refractivity contribution in [3.05, 3.63) is 29.8 Å². The maximum absolute atomic E-state index is 11.7. The van der Waals surface area contributed by atoms with Crippen LogP contribution in [0.3, 0.4) is 0 Å². The first kappa shape index (κ1) is 13.6. The molecular formula is C14H21NO2. The van der Waals surface area contributed by atoms with E-state index in [0.29, 0.717) is 18.1 Å². The summed E-state index contributed by atoms with van der Waals surface area (Å²) in [5.74, 6) is 1.26. The van der Waals surface area contributed by atoms with Crippen molar-refractivity contribution in [2.75, 3.05) is 6.61 Å². The van der Waals surface area contributed by atoms with Gasteiger partial charge >= 0.3 is 0 Å². The molecule has 0 saturated heterocycles. The standard InChI is InChI=1S/C14H21NO2/c1-10(2)9-17-13-7-5-12(6-8-13)14(16)15-11(3)4/h5-8,10-11H,9H2,1-4H3,(H,15,16). The Balaban J connectivity index is 2.58. The van der Waals surface area contributed by atoms with Crippen LogP contribution in [-0.4, -0.2) is 18.6 Å². The molecule has 1 rings (SSSR count). The number of nitrogens with one attached hydrogen (secondary N) is 1. The quantitative estimate of drug-likeness (QED) is 0.852. The lowest BCUT2D eigenvalue weighted by atomic mass is 10.2. The highest BCUT2D eigenvalue weighted by Crippen LogP contribution is 2.13. The summed E-state index contributed by atoms with van der Waals surface area (Å²) in [6, 6.07) is 7.38. The van der Waals surface area contributed by atoms with Gasteiger partial charge in [0.15, 0.2) is 0 Å². The average molecular weight is 235 g/mol. The van der Waals surface area contributed by atoms with Gasteiger partial charge in [0.25, 0.3) is 5.91 Å². The second-order valence-electron chi connectivity index (χ2n) is 4.86. The largest absolute Gasteiger partial charge is 0.493 e. The predicted octanol–water partition coefficient (Wildman–Crippen LogP) is 2.86. The lowest BCUT2D eigenvalue weighted by molar-refractivity contribution is 0.0943. The number of rotatable bonds is 5. The Hall–Kier alpha value is -1.51. The highest BCUT2D eigenvalue weighted by atomic mass is 16.5. The molecule has 0 aromatic heterocycles. The summed E-state index contributed by atoms with van der Waals surface area (Å²) in [6.45, 7) is 8.78. The van der Waals surface area contributed by atoms with Gasteiger partial charge in [0, 0.05) is 11.6 Å². The van der Waals surface area contributed by atoms with Crippen LogP contribution >= 0.6 is 0 Å². The van der Waals surface area contributed by atoms with Gasteiger partial charge in [-0.3, -0.25) is 4.79 Å². The van der Waals surface area contributed by atoms with Crippen molar-refractivity contribution in [2.45, 2.75) is 33.7 Å². The number of ether oxygens (including phenoxy) is 1. The number of amides is 1. The van der Waals surface area contributed by atoms with Gasteiger partial charge in [-0.2, -0.15) is 0 Å². The van der Waals surface area contributed by atoms with E-state index in [0.717, 1.165) is 5.75 Å². The Morgan fingerprint density at radius 3 is 2.24 bits per heavy atom. The van der Waals surface area contributed by atoms with Crippen molar-refractivity contribution in [1.82, 2.24) is 5.32 Å². The lowest BCUT2D eigenvalue weighted by Crippen LogP contribution is -2.29. The van der Waals surface area contributed by atoms with Gasteiger partial charge in [-0.15, -0.1) is 0 Å². The number of hydrogen-bond acceptors (Lipinski definition) is 2. The molecule has 0 aliphatic rings. The van der Waals surface area contributed by atoms with Crippen LogP contribution in [0.2, 0.25) is 0 Å². The molecule has 1 aromatic carbocycles. The minimum absolute atomic E-state index is 0.0459. The predicted molar refractivity (Wildman–Crippen MR) is 69.4 cm³/mol. The fourth-order valence-electron chi connectivity index (χ4n) is 1.31. The van der Waals surface area contributed by atoms with Gasteiger partial charge in [0.1, 0.15) is 5.75 Å². The molecule has 0 fully saturated rings. The fraction of sp³-hybridized carbons (Fsp3) is 0.500. The minimum Gasteiger partial charge on any atom is -0.493 e. The summed E-state index contributed by atoms with van der Waals surface area (Å²) < 4.78 is 5.55. The van der Waals surface area contributed by atoms with E-state index in [2.05, 4.69) is 19.2 Å². The first-order chi connectivity index (χ1) is 7.99. The van der Waals surface area contributed by atoms with E-state index >= 15 is 0 Å². The average Bonchev–Trinajstić information content (AvgIpc) is 2.26. The summed E-state index contributed by atoms with van der Waals surface area (Å²) in [5, 5.41) is 2.85. The molecule has 0 saturated carbocycles. The SMILES string of the molecule is CC(C)COc1ccc(C(=O)NC(C)C)cc1. The maximum atomic E-state index is 11.7. The third-order valence-electron chi connectivity index (χ3n) is 2.12. The van der Waals surface area contributed by atoms with Gasteiger partial charge < -0.3 is 10.1 Å². The molecule has 0 atom stereocenters. The van der Waals surface area contributed by atoms with E-state index in [-0.39, 0.29) is 11.9 Å². The molecule has 1 aromatic rings. The van der Waals surface area contributed by atoms with E-state index in [1.54, 1.807) is 12.1 Å². The monoisotopic (exact) mass is 235 g/mol. The Kier molecular flexibility index (Phi) is 5.01. The van der Waals surface area contributed by atoms with Crippen LogP contribution in [0.25, 0.3) is 0 Å². The van der Waals surface area contributed by atoms with Crippen LogP contribution in [0, 0.1) is 5.92 Å². The summed E-state index contributed by atoms with van der Waals surface area (Å²) in [6.07, 6.45) is 0. The van der Waals surface area contributed by atoms with Crippen molar-refractivity contribution >= 4 is 5.91 Å².